The van der Waals surface area contributed by atoms with E-state index in [4.69, 9.17) is 4.52 Å². The second kappa shape index (κ2) is 6.25. The molecule has 0 aliphatic rings. The molecule has 132 valence electrons. The van der Waals surface area contributed by atoms with Crippen molar-refractivity contribution in [3.8, 4) is 5.75 Å². The molecule has 0 saturated heterocycles. The van der Waals surface area contributed by atoms with E-state index in [9.17, 15) is 10.2 Å². The molecule has 1 aromatic carbocycles. The topological polar surface area (TPSA) is 66.5 Å². The van der Waals surface area contributed by atoms with E-state index >= 15 is 0 Å². The van der Waals surface area contributed by atoms with E-state index in [0.717, 1.165) is 22.4 Å². The van der Waals surface area contributed by atoms with Gasteiger partial charge in [0, 0.05) is 12.5 Å². The highest BCUT2D eigenvalue weighted by Crippen LogP contribution is 2.41. The van der Waals surface area contributed by atoms with Gasteiger partial charge in [0.2, 0.25) is 0 Å². The van der Waals surface area contributed by atoms with Crippen LogP contribution in [0.3, 0.4) is 0 Å². The zero-order chi connectivity index (χ0) is 18.3. The summed E-state index contributed by atoms with van der Waals surface area (Å²) in [5.74, 6) is 0.976. The SMILES string of the molecule is Cc1cc(CC(O)c2cc(C(C)(C)C)c(O)c(C(C)(C)C)c2)on1. The van der Waals surface area contributed by atoms with E-state index in [1.165, 1.54) is 0 Å². The van der Waals surface area contributed by atoms with Gasteiger partial charge >= 0.3 is 0 Å². The van der Waals surface area contributed by atoms with Crippen molar-refractivity contribution in [1.82, 2.24) is 5.16 Å². The maximum Gasteiger partial charge on any atom is 0.139 e. The highest BCUT2D eigenvalue weighted by atomic mass is 16.5. The van der Waals surface area contributed by atoms with Crippen molar-refractivity contribution in [3.05, 3.63) is 46.3 Å². The summed E-state index contributed by atoms with van der Waals surface area (Å²) < 4.78 is 5.22. The van der Waals surface area contributed by atoms with Gasteiger partial charge < -0.3 is 14.7 Å². The summed E-state index contributed by atoms with van der Waals surface area (Å²) in [6, 6.07) is 5.63. The van der Waals surface area contributed by atoms with Gasteiger partial charge in [-0.25, -0.2) is 0 Å². The lowest BCUT2D eigenvalue weighted by molar-refractivity contribution is 0.166. The predicted octanol–water partition coefficient (Wildman–Crippen LogP) is 4.56. The standard InChI is InChI=1S/C20H29NO3/c1-12-8-14(24-21-12)11-17(22)13-9-15(19(2,3)4)18(23)16(10-13)20(5,6)7/h8-10,17,22-23H,11H2,1-7H3. The molecule has 0 fully saturated rings. The van der Waals surface area contributed by atoms with Crippen LogP contribution in [0.25, 0.3) is 0 Å². The summed E-state index contributed by atoms with van der Waals surface area (Å²) in [5.41, 5.74) is 2.84. The number of hydrogen-bond acceptors (Lipinski definition) is 4. The van der Waals surface area contributed by atoms with Crippen molar-refractivity contribution in [2.45, 2.75) is 71.8 Å². The van der Waals surface area contributed by atoms with Crippen LogP contribution in [-0.4, -0.2) is 15.4 Å². The van der Waals surface area contributed by atoms with Gasteiger partial charge in [0.05, 0.1) is 11.8 Å². The third-order valence-corrected chi connectivity index (χ3v) is 4.20. The molecule has 24 heavy (non-hydrogen) atoms. The van der Waals surface area contributed by atoms with Crippen molar-refractivity contribution in [3.63, 3.8) is 0 Å². The Morgan fingerprint density at radius 3 is 1.88 bits per heavy atom. The van der Waals surface area contributed by atoms with E-state index in [2.05, 4.69) is 46.7 Å². The Kier molecular flexibility index (Phi) is 4.82. The summed E-state index contributed by atoms with van der Waals surface area (Å²) in [6.45, 7) is 14.2. The Morgan fingerprint density at radius 2 is 1.50 bits per heavy atom. The molecule has 1 unspecified atom stereocenters. The van der Waals surface area contributed by atoms with Gasteiger partial charge in [-0.05, 0) is 46.6 Å². The number of aliphatic hydroxyl groups excluding tert-OH is 1. The fourth-order valence-electron chi connectivity index (χ4n) is 2.81. The van der Waals surface area contributed by atoms with Crippen LogP contribution in [0.2, 0.25) is 0 Å². The largest absolute Gasteiger partial charge is 0.507 e. The molecule has 0 spiro atoms. The van der Waals surface area contributed by atoms with E-state index < -0.39 is 6.10 Å². The van der Waals surface area contributed by atoms with Crippen molar-refractivity contribution < 1.29 is 14.7 Å². The average Bonchev–Trinajstić information content (AvgIpc) is 2.81. The number of phenolic OH excluding ortho intramolecular Hbond substituents is 1. The minimum Gasteiger partial charge on any atom is -0.507 e. The molecule has 2 N–H and O–H groups in total. The number of rotatable bonds is 3. The molecule has 0 bridgehead atoms. The smallest absolute Gasteiger partial charge is 0.139 e. The molecule has 0 aliphatic heterocycles. The van der Waals surface area contributed by atoms with Gasteiger partial charge in [-0.15, -0.1) is 0 Å². The van der Waals surface area contributed by atoms with Gasteiger partial charge in [0.15, 0.2) is 0 Å². The van der Waals surface area contributed by atoms with Crippen LogP contribution < -0.4 is 0 Å². The summed E-state index contributed by atoms with van der Waals surface area (Å²) in [4.78, 5) is 0. The van der Waals surface area contributed by atoms with Crippen LogP contribution in [0.5, 0.6) is 5.75 Å². The third-order valence-electron chi connectivity index (χ3n) is 4.20. The maximum atomic E-state index is 10.7. The number of aryl methyl sites for hydroxylation is 1. The zero-order valence-electron chi connectivity index (χ0n) is 15.8. The van der Waals surface area contributed by atoms with E-state index in [1.807, 2.05) is 25.1 Å². The Morgan fingerprint density at radius 1 is 1.00 bits per heavy atom. The molecule has 0 radical (unpaired) electrons. The molecule has 0 saturated carbocycles. The average molecular weight is 331 g/mol. The number of aromatic hydroxyl groups is 1. The van der Waals surface area contributed by atoms with Gasteiger partial charge in [-0.1, -0.05) is 46.7 Å². The lowest BCUT2D eigenvalue weighted by Crippen LogP contribution is -2.18. The molecule has 2 aromatic rings. The third kappa shape index (κ3) is 3.99. The minimum absolute atomic E-state index is 0.220. The van der Waals surface area contributed by atoms with Crippen LogP contribution in [0, 0.1) is 6.92 Å². The first-order valence-corrected chi connectivity index (χ1v) is 8.37. The fraction of sp³-hybridized carbons (Fsp3) is 0.550. The molecular formula is C20H29NO3. The van der Waals surface area contributed by atoms with Crippen LogP contribution in [0.15, 0.2) is 22.7 Å². The summed E-state index contributed by atoms with van der Waals surface area (Å²) in [7, 11) is 0. The Bertz CT molecular complexity index is 682. The monoisotopic (exact) mass is 331 g/mol. The minimum atomic E-state index is -0.708. The second-order valence-electron chi connectivity index (χ2n) is 8.62. The lowest BCUT2D eigenvalue weighted by atomic mass is 9.77. The van der Waals surface area contributed by atoms with Crippen LogP contribution in [0.1, 0.15) is 75.8 Å². The number of hydrogen-bond donors (Lipinski definition) is 2. The summed E-state index contributed by atoms with van der Waals surface area (Å²) >= 11 is 0. The first-order valence-electron chi connectivity index (χ1n) is 8.37. The lowest BCUT2D eigenvalue weighted by Gasteiger charge is -2.29. The highest BCUT2D eigenvalue weighted by molar-refractivity contribution is 5.50. The molecule has 1 atom stereocenters. The first-order chi connectivity index (χ1) is 10.9. The summed E-state index contributed by atoms with van der Waals surface area (Å²) in [6.07, 6.45) is -0.348. The highest BCUT2D eigenvalue weighted by Gasteiger charge is 2.28. The van der Waals surface area contributed by atoms with E-state index in [-0.39, 0.29) is 10.8 Å². The van der Waals surface area contributed by atoms with Crippen LogP contribution in [-0.2, 0) is 17.3 Å². The number of aliphatic hydroxyl groups is 1. The van der Waals surface area contributed by atoms with Crippen molar-refractivity contribution >= 4 is 0 Å². The van der Waals surface area contributed by atoms with E-state index in [1.54, 1.807) is 0 Å². The van der Waals surface area contributed by atoms with Crippen molar-refractivity contribution in [1.29, 1.82) is 0 Å². The number of phenols is 1. The zero-order valence-corrected chi connectivity index (χ0v) is 15.8. The molecule has 1 heterocycles. The number of benzene rings is 1. The van der Waals surface area contributed by atoms with Gasteiger partial charge in [-0.2, -0.15) is 0 Å². The predicted molar refractivity (Wildman–Crippen MR) is 95.4 cm³/mol. The molecule has 4 nitrogen and oxygen atoms in total. The molecule has 2 rings (SSSR count). The molecule has 1 aromatic heterocycles. The van der Waals surface area contributed by atoms with Gasteiger partial charge in [0.1, 0.15) is 11.5 Å². The van der Waals surface area contributed by atoms with Gasteiger partial charge in [-0.3, -0.25) is 0 Å². The fourth-order valence-corrected chi connectivity index (χ4v) is 2.81. The Labute approximate surface area is 144 Å². The quantitative estimate of drug-likeness (QED) is 0.865. The number of aromatic nitrogens is 1. The van der Waals surface area contributed by atoms with Gasteiger partial charge in [0.25, 0.3) is 0 Å². The normalized spacial score (nSPS) is 14.0. The molecular weight excluding hydrogens is 302 g/mol. The molecule has 0 amide bonds. The van der Waals surface area contributed by atoms with Crippen LogP contribution >= 0.6 is 0 Å². The Balaban J connectivity index is 2.49. The molecule has 0 aliphatic carbocycles. The van der Waals surface area contributed by atoms with Crippen molar-refractivity contribution in [2.75, 3.05) is 0 Å². The second-order valence-corrected chi connectivity index (χ2v) is 8.62. The Hall–Kier alpha value is -1.81. The molecule has 4 heteroatoms. The first kappa shape index (κ1) is 18.5. The van der Waals surface area contributed by atoms with E-state index in [0.29, 0.717) is 17.9 Å². The maximum absolute atomic E-state index is 10.7. The summed E-state index contributed by atoms with van der Waals surface area (Å²) in [5, 5.41) is 25.3. The number of nitrogens with zero attached hydrogens (tertiary/aromatic N) is 1. The van der Waals surface area contributed by atoms with Crippen LogP contribution in [0.4, 0.5) is 0 Å². The van der Waals surface area contributed by atoms with Crippen molar-refractivity contribution in [2.24, 2.45) is 0 Å².